The number of rotatable bonds is 4. The molecule has 0 spiro atoms. The molecule has 24 heavy (non-hydrogen) atoms. The molecule has 1 atom stereocenters. The molecule has 1 unspecified atom stereocenters. The van der Waals surface area contributed by atoms with Gasteiger partial charge in [-0.3, -0.25) is 9.20 Å². The van der Waals surface area contributed by atoms with Gasteiger partial charge in [0.15, 0.2) is 0 Å². The average molecular weight is 324 g/mol. The number of imidazole rings is 1. The lowest BCUT2D eigenvalue weighted by Crippen LogP contribution is -2.36. The van der Waals surface area contributed by atoms with Crippen LogP contribution in [-0.2, 0) is 0 Å². The third-order valence-electron chi connectivity index (χ3n) is 4.40. The molecule has 1 saturated carbocycles. The number of fused-ring (bicyclic) bond motifs is 1. The molecule has 0 radical (unpaired) electrons. The van der Waals surface area contributed by atoms with Crippen LogP contribution in [0.25, 0.3) is 5.78 Å². The second-order valence-corrected chi connectivity index (χ2v) is 6.09. The van der Waals surface area contributed by atoms with E-state index in [1.165, 1.54) is 6.07 Å². The molecule has 1 aliphatic rings. The fourth-order valence-electron chi connectivity index (χ4n) is 3.04. The Balaban J connectivity index is 1.70. The Hall–Kier alpha value is -2.76. The van der Waals surface area contributed by atoms with Crippen LogP contribution in [0.5, 0.6) is 0 Å². The summed E-state index contributed by atoms with van der Waals surface area (Å²) >= 11 is 0. The van der Waals surface area contributed by atoms with Gasteiger partial charge in [0.25, 0.3) is 5.91 Å². The minimum Gasteiger partial charge on any atom is -0.327 e. The van der Waals surface area contributed by atoms with Gasteiger partial charge in [-0.15, -0.1) is 0 Å². The topological polar surface area (TPSA) is 50.5 Å². The summed E-state index contributed by atoms with van der Waals surface area (Å²) in [5, 5.41) is 0. The zero-order chi connectivity index (χ0) is 16.7. The van der Waals surface area contributed by atoms with Gasteiger partial charge in [-0.25, -0.2) is 14.4 Å². The van der Waals surface area contributed by atoms with E-state index >= 15 is 0 Å². The van der Waals surface area contributed by atoms with Crippen LogP contribution < -0.4 is 0 Å². The highest BCUT2D eigenvalue weighted by molar-refractivity contribution is 5.93. The molecule has 2 aromatic heterocycles. The van der Waals surface area contributed by atoms with Crippen LogP contribution in [0, 0.1) is 5.82 Å². The number of carbonyl (C=O) groups excluding carboxylic acids is 1. The molecule has 4 rings (SSSR count). The maximum absolute atomic E-state index is 14.1. The zero-order valence-corrected chi connectivity index (χ0v) is 13.3. The number of hydrogen-bond acceptors (Lipinski definition) is 3. The van der Waals surface area contributed by atoms with E-state index < -0.39 is 0 Å². The number of amides is 1. The lowest BCUT2D eigenvalue weighted by atomic mass is 10.1. The minimum atomic E-state index is -0.344. The van der Waals surface area contributed by atoms with Crippen molar-refractivity contribution >= 4 is 11.7 Å². The van der Waals surface area contributed by atoms with Gasteiger partial charge >= 0.3 is 0 Å². The molecule has 6 heteroatoms. The molecule has 1 amide bonds. The Kier molecular flexibility index (Phi) is 3.52. The summed E-state index contributed by atoms with van der Waals surface area (Å²) in [6, 6.07) is 8.18. The van der Waals surface area contributed by atoms with Gasteiger partial charge in [0, 0.05) is 30.2 Å². The van der Waals surface area contributed by atoms with Crippen LogP contribution in [0.3, 0.4) is 0 Å². The van der Waals surface area contributed by atoms with E-state index in [1.807, 2.05) is 6.92 Å². The molecular weight excluding hydrogens is 307 g/mol. The SMILES string of the molecule is CC(c1ccccc1F)N(C(=O)c1cn2cccnc2n1)C1CC1. The number of carbonyl (C=O) groups is 1. The summed E-state index contributed by atoms with van der Waals surface area (Å²) in [6.45, 7) is 1.86. The molecule has 122 valence electrons. The number of nitrogens with zero attached hydrogens (tertiary/aromatic N) is 4. The monoisotopic (exact) mass is 324 g/mol. The number of aromatic nitrogens is 3. The van der Waals surface area contributed by atoms with E-state index in [1.54, 1.807) is 52.2 Å². The van der Waals surface area contributed by atoms with Gasteiger partial charge in [0.05, 0.1) is 6.04 Å². The van der Waals surface area contributed by atoms with E-state index in [9.17, 15) is 9.18 Å². The molecule has 0 N–H and O–H groups in total. The molecule has 1 aromatic carbocycles. The third-order valence-corrected chi connectivity index (χ3v) is 4.40. The number of hydrogen-bond donors (Lipinski definition) is 0. The standard InChI is InChI=1S/C18H17FN4O/c1-12(14-5-2-3-6-15(14)19)23(13-7-8-13)17(24)16-11-22-10-4-9-20-18(22)21-16/h2-6,9-13H,7-8H2,1H3. The summed E-state index contributed by atoms with van der Waals surface area (Å²) in [5.74, 6) is 0.00835. The summed E-state index contributed by atoms with van der Waals surface area (Å²) in [6.07, 6.45) is 6.99. The summed E-state index contributed by atoms with van der Waals surface area (Å²) in [7, 11) is 0. The van der Waals surface area contributed by atoms with Gasteiger partial charge in [0.2, 0.25) is 5.78 Å². The first kappa shape index (κ1) is 14.8. The van der Waals surface area contributed by atoms with Gasteiger partial charge < -0.3 is 4.90 Å². The van der Waals surface area contributed by atoms with E-state index in [-0.39, 0.29) is 23.8 Å². The van der Waals surface area contributed by atoms with Crippen LogP contribution in [0.2, 0.25) is 0 Å². The molecular formula is C18H17FN4O. The van der Waals surface area contributed by atoms with Crippen molar-refractivity contribution < 1.29 is 9.18 Å². The molecule has 1 fully saturated rings. The Labute approximate surface area is 138 Å². The molecule has 1 aliphatic carbocycles. The van der Waals surface area contributed by atoms with Crippen LogP contribution in [0.1, 0.15) is 41.9 Å². The number of halogens is 1. The van der Waals surface area contributed by atoms with E-state index in [2.05, 4.69) is 9.97 Å². The molecule has 0 saturated heterocycles. The maximum Gasteiger partial charge on any atom is 0.274 e. The van der Waals surface area contributed by atoms with E-state index in [0.29, 0.717) is 17.0 Å². The molecule has 5 nitrogen and oxygen atoms in total. The van der Waals surface area contributed by atoms with Gasteiger partial charge in [-0.1, -0.05) is 18.2 Å². The van der Waals surface area contributed by atoms with Crippen LogP contribution in [0.4, 0.5) is 4.39 Å². The van der Waals surface area contributed by atoms with Crippen molar-refractivity contribution in [3.8, 4) is 0 Å². The van der Waals surface area contributed by atoms with Crippen molar-refractivity contribution in [3.63, 3.8) is 0 Å². The van der Waals surface area contributed by atoms with Crippen molar-refractivity contribution in [1.82, 2.24) is 19.3 Å². The fraction of sp³-hybridized carbons (Fsp3) is 0.278. The van der Waals surface area contributed by atoms with Gasteiger partial charge in [0.1, 0.15) is 11.5 Å². The number of benzene rings is 1. The second kappa shape index (κ2) is 5.70. The second-order valence-electron chi connectivity index (χ2n) is 6.09. The predicted octanol–water partition coefficient (Wildman–Crippen LogP) is 3.23. The van der Waals surface area contributed by atoms with E-state index in [4.69, 9.17) is 0 Å². The Morgan fingerprint density at radius 3 is 2.83 bits per heavy atom. The molecule has 3 aromatic rings. The Morgan fingerprint density at radius 1 is 1.33 bits per heavy atom. The predicted molar refractivity (Wildman–Crippen MR) is 87.0 cm³/mol. The summed E-state index contributed by atoms with van der Waals surface area (Å²) < 4.78 is 15.9. The molecule has 2 heterocycles. The summed E-state index contributed by atoms with van der Waals surface area (Å²) in [4.78, 5) is 23.2. The van der Waals surface area contributed by atoms with Gasteiger partial charge in [-0.2, -0.15) is 0 Å². The lowest BCUT2D eigenvalue weighted by Gasteiger charge is -2.29. The van der Waals surface area contributed by atoms with Crippen LogP contribution >= 0.6 is 0 Å². The lowest BCUT2D eigenvalue weighted by molar-refractivity contribution is 0.0665. The Morgan fingerprint density at radius 2 is 2.12 bits per heavy atom. The molecule has 0 aliphatic heterocycles. The maximum atomic E-state index is 14.1. The smallest absolute Gasteiger partial charge is 0.274 e. The van der Waals surface area contributed by atoms with E-state index in [0.717, 1.165) is 12.8 Å². The quantitative estimate of drug-likeness (QED) is 0.740. The minimum absolute atomic E-state index is 0.143. The first-order valence-corrected chi connectivity index (χ1v) is 8.02. The fourth-order valence-corrected chi connectivity index (χ4v) is 3.04. The van der Waals surface area contributed by atoms with Crippen molar-refractivity contribution in [3.05, 3.63) is 66.0 Å². The van der Waals surface area contributed by atoms with Crippen LogP contribution in [-0.4, -0.2) is 31.2 Å². The van der Waals surface area contributed by atoms with Crippen molar-refractivity contribution in [1.29, 1.82) is 0 Å². The first-order chi connectivity index (χ1) is 11.6. The third kappa shape index (κ3) is 2.54. The summed E-state index contributed by atoms with van der Waals surface area (Å²) in [5.41, 5.74) is 0.864. The van der Waals surface area contributed by atoms with Crippen molar-refractivity contribution in [2.75, 3.05) is 0 Å². The van der Waals surface area contributed by atoms with Crippen LogP contribution in [0.15, 0.2) is 48.9 Å². The molecule has 0 bridgehead atoms. The zero-order valence-electron chi connectivity index (χ0n) is 13.3. The highest BCUT2D eigenvalue weighted by Gasteiger charge is 2.38. The average Bonchev–Trinajstić information content (AvgIpc) is 3.32. The Bertz CT molecular complexity index is 870. The largest absolute Gasteiger partial charge is 0.327 e. The van der Waals surface area contributed by atoms with Crippen molar-refractivity contribution in [2.45, 2.75) is 31.8 Å². The van der Waals surface area contributed by atoms with Crippen molar-refractivity contribution in [2.24, 2.45) is 0 Å². The normalized spacial score (nSPS) is 15.4. The first-order valence-electron chi connectivity index (χ1n) is 8.02. The highest BCUT2D eigenvalue weighted by Crippen LogP contribution is 2.36. The van der Waals surface area contributed by atoms with Gasteiger partial charge in [-0.05, 0) is 31.9 Å². The highest BCUT2D eigenvalue weighted by atomic mass is 19.1.